The van der Waals surface area contributed by atoms with Crippen LogP contribution in [0, 0.1) is 0 Å². The van der Waals surface area contributed by atoms with E-state index < -0.39 is 15.9 Å². The standard InChI is InChI=1S/C21H25ClN2O5S/c1-24(2)30(26,27)16-9-10-18(22)17(13-16)21(25)23-14-8-11-19(28-3)20(12-14)29-15-6-4-5-7-15/h8-13,15H,4-7H2,1-3H3,(H,23,25). The Kier molecular flexibility index (Phi) is 6.90. The minimum atomic E-state index is -3.69. The van der Waals surface area contributed by atoms with Gasteiger partial charge in [-0.2, -0.15) is 0 Å². The number of nitrogens with zero attached hydrogens (tertiary/aromatic N) is 1. The molecule has 0 aromatic heterocycles. The van der Waals surface area contributed by atoms with E-state index >= 15 is 0 Å². The third kappa shape index (κ3) is 4.88. The zero-order chi connectivity index (χ0) is 21.9. The van der Waals surface area contributed by atoms with Crippen LogP contribution in [-0.4, -0.2) is 45.9 Å². The van der Waals surface area contributed by atoms with Gasteiger partial charge in [0.05, 0.1) is 28.7 Å². The summed E-state index contributed by atoms with van der Waals surface area (Å²) < 4.78 is 37.2. The van der Waals surface area contributed by atoms with E-state index in [1.54, 1.807) is 25.3 Å². The molecule has 0 unspecified atom stereocenters. The van der Waals surface area contributed by atoms with Crippen LogP contribution in [0.2, 0.25) is 5.02 Å². The molecule has 9 heteroatoms. The predicted molar refractivity (Wildman–Crippen MR) is 116 cm³/mol. The molecule has 0 aliphatic heterocycles. The normalized spacial score (nSPS) is 14.7. The molecular formula is C21H25ClN2O5S. The third-order valence-electron chi connectivity index (χ3n) is 4.98. The number of anilines is 1. The number of benzene rings is 2. The molecule has 0 radical (unpaired) electrons. The van der Waals surface area contributed by atoms with Crippen molar-refractivity contribution in [1.29, 1.82) is 0 Å². The highest BCUT2D eigenvalue weighted by molar-refractivity contribution is 7.89. The minimum absolute atomic E-state index is 0.0120. The third-order valence-corrected chi connectivity index (χ3v) is 7.12. The summed E-state index contributed by atoms with van der Waals surface area (Å²) in [5.74, 6) is 0.613. The van der Waals surface area contributed by atoms with Gasteiger partial charge in [0, 0.05) is 25.8 Å². The first-order valence-electron chi connectivity index (χ1n) is 9.60. The topological polar surface area (TPSA) is 84.9 Å². The first-order chi connectivity index (χ1) is 14.2. The van der Waals surface area contributed by atoms with E-state index in [-0.39, 0.29) is 21.6 Å². The smallest absolute Gasteiger partial charge is 0.257 e. The van der Waals surface area contributed by atoms with Crippen molar-refractivity contribution in [2.24, 2.45) is 0 Å². The van der Waals surface area contributed by atoms with Gasteiger partial charge in [-0.1, -0.05) is 11.6 Å². The van der Waals surface area contributed by atoms with Gasteiger partial charge in [0.15, 0.2) is 11.5 Å². The number of rotatable bonds is 7. The van der Waals surface area contributed by atoms with Crippen LogP contribution < -0.4 is 14.8 Å². The van der Waals surface area contributed by atoms with E-state index in [9.17, 15) is 13.2 Å². The van der Waals surface area contributed by atoms with Crippen LogP contribution in [0.1, 0.15) is 36.0 Å². The minimum Gasteiger partial charge on any atom is -0.493 e. The number of nitrogens with one attached hydrogen (secondary N) is 1. The number of sulfonamides is 1. The van der Waals surface area contributed by atoms with Crippen molar-refractivity contribution in [3.63, 3.8) is 0 Å². The van der Waals surface area contributed by atoms with Gasteiger partial charge in [-0.15, -0.1) is 0 Å². The average Bonchev–Trinajstić information content (AvgIpc) is 3.21. The van der Waals surface area contributed by atoms with Gasteiger partial charge in [0.2, 0.25) is 10.0 Å². The van der Waals surface area contributed by atoms with Gasteiger partial charge < -0.3 is 14.8 Å². The van der Waals surface area contributed by atoms with Crippen molar-refractivity contribution < 1.29 is 22.7 Å². The monoisotopic (exact) mass is 452 g/mol. The molecule has 1 fully saturated rings. The van der Waals surface area contributed by atoms with Gasteiger partial charge in [-0.05, 0) is 56.0 Å². The Morgan fingerprint density at radius 2 is 1.80 bits per heavy atom. The van der Waals surface area contributed by atoms with Crippen molar-refractivity contribution in [3.8, 4) is 11.5 Å². The van der Waals surface area contributed by atoms with Gasteiger partial charge in [-0.3, -0.25) is 4.79 Å². The Labute approximate surface area is 182 Å². The van der Waals surface area contributed by atoms with Gasteiger partial charge in [0.1, 0.15) is 0 Å². The summed E-state index contributed by atoms with van der Waals surface area (Å²) in [7, 11) is 0.715. The zero-order valence-corrected chi connectivity index (χ0v) is 18.7. The first-order valence-corrected chi connectivity index (χ1v) is 11.4. The van der Waals surface area contributed by atoms with E-state index in [0.29, 0.717) is 17.2 Å². The Morgan fingerprint density at radius 1 is 1.10 bits per heavy atom. The van der Waals surface area contributed by atoms with E-state index in [1.165, 1.54) is 32.3 Å². The summed E-state index contributed by atoms with van der Waals surface area (Å²) in [6.07, 6.45) is 4.37. The molecule has 0 atom stereocenters. The van der Waals surface area contributed by atoms with Crippen molar-refractivity contribution in [2.75, 3.05) is 26.5 Å². The molecule has 7 nitrogen and oxygen atoms in total. The zero-order valence-electron chi connectivity index (χ0n) is 17.1. The van der Waals surface area contributed by atoms with Crippen LogP contribution in [0.5, 0.6) is 11.5 Å². The molecule has 0 bridgehead atoms. The Morgan fingerprint density at radius 3 is 2.43 bits per heavy atom. The lowest BCUT2D eigenvalue weighted by Crippen LogP contribution is -2.23. The number of carbonyl (C=O) groups excluding carboxylic acids is 1. The quantitative estimate of drug-likeness (QED) is 0.681. The molecule has 0 spiro atoms. The fraction of sp³-hybridized carbons (Fsp3) is 0.381. The fourth-order valence-electron chi connectivity index (χ4n) is 3.28. The molecule has 0 heterocycles. The van der Waals surface area contributed by atoms with Crippen molar-refractivity contribution >= 4 is 33.2 Å². The maximum Gasteiger partial charge on any atom is 0.257 e. The summed E-state index contributed by atoms with van der Waals surface area (Å²) >= 11 is 6.17. The number of methoxy groups -OCH3 is 1. The second kappa shape index (κ2) is 9.24. The highest BCUT2D eigenvalue weighted by atomic mass is 35.5. The van der Waals surface area contributed by atoms with Gasteiger partial charge in [-0.25, -0.2) is 12.7 Å². The van der Waals surface area contributed by atoms with Crippen LogP contribution >= 0.6 is 11.6 Å². The van der Waals surface area contributed by atoms with Crippen molar-refractivity contribution in [2.45, 2.75) is 36.7 Å². The average molecular weight is 453 g/mol. The van der Waals surface area contributed by atoms with Crippen molar-refractivity contribution in [3.05, 3.63) is 47.0 Å². The van der Waals surface area contributed by atoms with E-state index in [2.05, 4.69) is 5.32 Å². The Hall–Kier alpha value is -2.29. The number of carbonyl (C=O) groups is 1. The lowest BCUT2D eigenvalue weighted by molar-refractivity contribution is 0.102. The molecule has 1 saturated carbocycles. The number of hydrogen-bond donors (Lipinski definition) is 1. The van der Waals surface area contributed by atoms with Gasteiger partial charge >= 0.3 is 0 Å². The van der Waals surface area contributed by atoms with Crippen molar-refractivity contribution in [1.82, 2.24) is 4.31 Å². The maximum absolute atomic E-state index is 12.8. The van der Waals surface area contributed by atoms with E-state index in [0.717, 1.165) is 30.0 Å². The largest absolute Gasteiger partial charge is 0.493 e. The highest BCUT2D eigenvalue weighted by Crippen LogP contribution is 2.34. The SMILES string of the molecule is COc1ccc(NC(=O)c2cc(S(=O)(=O)N(C)C)ccc2Cl)cc1OC1CCCC1. The van der Waals surface area contributed by atoms with Crippen LogP contribution in [0.25, 0.3) is 0 Å². The lowest BCUT2D eigenvalue weighted by atomic mass is 10.2. The summed E-state index contributed by atoms with van der Waals surface area (Å²) in [6, 6.07) is 9.14. The molecule has 2 aromatic carbocycles. The molecule has 1 aliphatic rings. The number of amides is 1. The molecule has 2 aromatic rings. The summed E-state index contributed by atoms with van der Waals surface area (Å²) in [6.45, 7) is 0. The van der Waals surface area contributed by atoms with Crippen LogP contribution in [0.3, 0.4) is 0 Å². The van der Waals surface area contributed by atoms with Gasteiger partial charge in [0.25, 0.3) is 5.91 Å². The summed E-state index contributed by atoms with van der Waals surface area (Å²) in [5.41, 5.74) is 0.555. The molecular weight excluding hydrogens is 428 g/mol. The second-order valence-electron chi connectivity index (χ2n) is 7.27. The van der Waals surface area contributed by atoms with Crippen LogP contribution in [0.4, 0.5) is 5.69 Å². The predicted octanol–water partition coefficient (Wildman–Crippen LogP) is 4.17. The lowest BCUT2D eigenvalue weighted by Gasteiger charge is -2.17. The summed E-state index contributed by atoms with van der Waals surface area (Å²) in [5, 5.41) is 2.91. The molecule has 0 saturated heterocycles. The second-order valence-corrected chi connectivity index (χ2v) is 9.83. The maximum atomic E-state index is 12.8. The number of halogens is 1. The van der Waals surface area contributed by atoms with Crippen LogP contribution in [0.15, 0.2) is 41.3 Å². The van der Waals surface area contributed by atoms with Crippen LogP contribution in [-0.2, 0) is 10.0 Å². The Balaban J connectivity index is 1.85. The Bertz CT molecular complexity index is 1030. The molecule has 1 N–H and O–H groups in total. The van der Waals surface area contributed by atoms with E-state index in [1.807, 2.05) is 0 Å². The molecule has 1 amide bonds. The highest BCUT2D eigenvalue weighted by Gasteiger charge is 2.22. The first kappa shape index (κ1) is 22.4. The van der Waals surface area contributed by atoms with E-state index in [4.69, 9.17) is 21.1 Å². The fourth-order valence-corrected chi connectivity index (χ4v) is 4.41. The molecule has 30 heavy (non-hydrogen) atoms. The number of ether oxygens (including phenoxy) is 2. The molecule has 3 rings (SSSR count). The molecule has 1 aliphatic carbocycles. The summed E-state index contributed by atoms with van der Waals surface area (Å²) in [4.78, 5) is 12.8. The molecule has 162 valence electrons. The number of hydrogen-bond acceptors (Lipinski definition) is 5.